The molecule has 0 unspecified atom stereocenters. The SMILES string of the molecule is CC#N.CCOC(=O)c1c(-c2ccc(C)cc2)csc1NC(=O)c1cc(-c2ccc3c(c2)OCCO3)on1.CCOC(=O)c1c(-c2ccc(C)cc2)csc1NC(=O)c1cc(-c2ccc3c(c2)OCCO3)on1.CCOC(=O)c1c(-c2ccc(C)cc2)csc1NC(=O)c1cc(-c2ccc3c(c2)OCCO3)on1. The second-order valence-electron chi connectivity index (χ2n) is 23.7. The highest BCUT2D eigenvalue weighted by molar-refractivity contribution is 7.16. The number of nitriles is 1. The molecule has 6 aromatic carbocycles. The van der Waals surface area contributed by atoms with Gasteiger partial charge in [0.15, 0.2) is 68.9 Å². The molecule has 0 aliphatic carbocycles. The highest BCUT2D eigenvalue weighted by Crippen LogP contribution is 2.43. The fraction of sp³-hybridized carbons (Fsp3) is 0.200. The maximum Gasteiger partial charge on any atom is 0.341 e. The van der Waals surface area contributed by atoms with E-state index in [1.807, 2.05) is 128 Å². The lowest BCUT2D eigenvalue weighted by atomic mass is 10.0. The zero-order valence-corrected chi connectivity index (χ0v) is 61.8. The molecule has 3 aliphatic heterocycles. The third kappa shape index (κ3) is 17.6. The predicted octanol–water partition coefficient (Wildman–Crippen LogP) is 17.3. The van der Waals surface area contributed by atoms with Gasteiger partial charge in [-0.05, 0) is 113 Å². The number of hydrogen-bond donors (Lipinski definition) is 3. The number of hydrogen-bond acceptors (Lipinski definition) is 25. The number of carbonyl (C=O) groups excluding carboxylic acids is 6. The van der Waals surface area contributed by atoms with Crippen molar-refractivity contribution >= 4 is 84.6 Å². The van der Waals surface area contributed by atoms with Crippen molar-refractivity contribution in [2.45, 2.75) is 48.5 Å². The van der Waals surface area contributed by atoms with Gasteiger partial charge in [0.25, 0.3) is 17.7 Å². The Labute approximate surface area is 630 Å². The molecule has 0 bridgehead atoms. The number of anilines is 3. The Hall–Kier alpha value is -12.8. The summed E-state index contributed by atoms with van der Waals surface area (Å²) in [7, 11) is 0. The summed E-state index contributed by atoms with van der Waals surface area (Å²) < 4.78 is 65.5. The molecule has 0 saturated heterocycles. The Bertz CT molecular complexity index is 4790. The highest BCUT2D eigenvalue weighted by Gasteiger charge is 2.29. The van der Waals surface area contributed by atoms with Crippen LogP contribution in [0.3, 0.4) is 0 Å². The predicted molar refractivity (Wildman–Crippen MR) is 405 cm³/mol. The van der Waals surface area contributed by atoms with E-state index in [1.165, 1.54) is 40.9 Å². The Morgan fingerprint density at radius 2 is 0.620 bits per heavy atom. The number of nitrogens with zero attached hydrogens (tertiary/aromatic N) is 4. The van der Waals surface area contributed by atoms with E-state index < -0.39 is 35.6 Å². The van der Waals surface area contributed by atoms with Crippen molar-refractivity contribution < 1.29 is 85.0 Å². The maximum absolute atomic E-state index is 13.0. The minimum Gasteiger partial charge on any atom is -0.486 e. The van der Waals surface area contributed by atoms with E-state index in [-0.39, 0.29) is 36.9 Å². The molecular formula is C80H69N7O18S3. The van der Waals surface area contributed by atoms with Crippen molar-refractivity contribution in [3.63, 3.8) is 0 Å². The average molecular weight is 1510 g/mol. The van der Waals surface area contributed by atoms with Gasteiger partial charge >= 0.3 is 17.9 Å². The number of aromatic nitrogens is 3. The van der Waals surface area contributed by atoms with E-state index in [0.29, 0.717) is 156 Å². The molecule has 9 heterocycles. The number of benzene rings is 6. The van der Waals surface area contributed by atoms with E-state index >= 15 is 0 Å². The first-order valence-corrected chi connectivity index (χ1v) is 36.6. The summed E-state index contributed by atoms with van der Waals surface area (Å²) >= 11 is 3.75. The number of thiophene rings is 3. The van der Waals surface area contributed by atoms with Crippen molar-refractivity contribution in [3.8, 4) is 108 Å². The summed E-state index contributed by atoms with van der Waals surface area (Å²) in [5.74, 6) is 2.01. The van der Waals surface area contributed by atoms with E-state index in [2.05, 4.69) is 31.4 Å². The first-order chi connectivity index (χ1) is 52.5. The molecule has 6 aromatic heterocycles. The fourth-order valence-electron chi connectivity index (χ4n) is 11.1. The van der Waals surface area contributed by atoms with Gasteiger partial charge in [-0.3, -0.25) is 14.4 Å². The number of esters is 3. The molecule has 12 aromatic rings. The zero-order chi connectivity index (χ0) is 75.8. The molecular weight excluding hydrogens is 1440 g/mol. The van der Waals surface area contributed by atoms with Crippen LogP contribution in [0, 0.1) is 32.1 Å². The smallest absolute Gasteiger partial charge is 0.341 e. The summed E-state index contributed by atoms with van der Waals surface area (Å²) in [6, 6.07) is 45.9. The average Bonchev–Trinajstić information content (AvgIpc) is 1.66. The molecule has 3 N–H and O–H groups in total. The summed E-state index contributed by atoms with van der Waals surface area (Å²) in [6.45, 7) is 16.2. The minimum absolute atomic E-state index is 0.0787. The van der Waals surface area contributed by atoms with Gasteiger partial charge < -0.3 is 72.2 Å². The lowest BCUT2D eigenvalue weighted by Gasteiger charge is -2.18. The summed E-state index contributed by atoms with van der Waals surface area (Å²) in [5, 5.41) is 34.1. The molecule has 28 heteroatoms. The van der Waals surface area contributed by atoms with Crippen LogP contribution < -0.4 is 44.4 Å². The number of fused-ring (bicyclic) bond motifs is 3. The molecule has 0 radical (unpaired) electrons. The first-order valence-electron chi connectivity index (χ1n) is 33.9. The second kappa shape index (κ2) is 34.8. The molecule has 3 amide bonds. The Kier molecular flexibility index (Phi) is 24.1. The standard InChI is InChI=1S/3C26H22N2O6S.C2H3N/c3*1-3-31-26(30)23-18(16-6-4-15(2)5-7-16)14-35-25(23)27-24(29)19-13-21(34-28-19)17-8-9-20-22(12-17)33-11-10-32-20;1-2-3/h3*4-9,12-14H,3,10-11H2,1-2H3,(H,27,29);1H3. The van der Waals surface area contributed by atoms with Gasteiger partial charge in [-0.1, -0.05) is 105 Å². The van der Waals surface area contributed by atoms with E-state index in [4.69, 9.17) is 61.5 Å². The molecule has 0 fully saturated rings. The van der Waals surface area contributed by atoms with Crippen molar-refractivity contribution in [1.82, 2.24) is 15.5 Å². The molecule has 0 saturated carbocycles. The van der Waals surface area contributed by atoms with Gasteiger partial charge in [0.05, 0.1) is 25.9 Å². The van der Waals surface area contributed by atoms with Gasteiger partial charge in [0, 0.05) is 74.6 Å². The van der Waals surface area contributed by atoms with Gasteiger partial charge in [0.1, 0.15) is 71.3 Å². The Balaban J connectivity index is 0.000000148. The normalized spacial score (nSPS) is 12.0. The largest absolute Gasteiger partial charge is 0.486 e. The van der Waals surface area contributed by atoms with Crippen LogP contribution >= 0.6 is 34.0 Å². The van der Waals surface area contributed by atoms with Crippen molar-refractivity contribution in [2.75, 3.05) is 75.4 Å². The topological polar surface area (TPSA) is 323 Å². The number of amides is 3. The van der Waals surface area contributed by atoms with Gasteiger partial charge in [0.2, 0.25) is 0 Å². The fourth-order valence-corrected chi connectivity index (χ4v) is 13.9. The van der Waals surface area contributed by atoms with E-state index in [9.17, 15) is 28.8 Å². The van der Waals surface area contributed by atoms with Crippen LogP contribution in [-0.4, -0.2) is 111 Å². The number of aryl methyl sites for hydroxylation is 3. The lowest BCUT2D eigenvalue weighted by Crippen LogP contribution is -2.15. The van der Waals surface area contributed by atoms with Crippen LogP contribution in [0.1, 0.15) is 107 Å². The number of carbonyl (C=O) groups is 6. The highest BCUT2D eigenvalue weighted by atomic mass is 32.1. The third-order valence-electron chi connectivity index (χ3n) is 16.3. The molecule has 550 valence electrons. The molecule has 3 aliphatic rings. The van der Waals surface area contributed by atoms with Gasteiger partial charge in [-0.2, -0.15) is 5.26 Å². The Morgan fingerprint density at radius 1 is 0.380 bits per heavy atom. The van der Waals surface area contributed by atoms with E-state index in [0.717, 1.165) is 33.4 Å². The van der Waals surface area contributed by atoms with Crippen LogP contribution in [0.4, 0.5) is 15.0 Å². The summed E-state index contributed by atoms with van der Waals surface area (Å²) in [5.41, 5.74) is 11.2. The Morgan fingerprint density at radius 3 is 0.870 bits per heavy atom. The van der Waals surface area contributed by atoms with Crippen LogP contribution in [0.15, 0.2) is 175 Å². The third-order valence-corrected chi connectivity index (χ3v) is 19.0. The molecule has 25 nitrogen and oxygen atoms in total. The number of ether oxygens (including phenoxy) is 9. The molecule has 0 atom stereocenters. The lowest BCUT2D eigenvalue weighted by molar-refractivity contribution is 0.0519. The van der Waals surface area contributed by atoms with Crippen LogP contribution in [0.5, 0.6) is 34.5 Å². The van der Waals surface area contributed by atoms with Crippen LogP contribution in [-0.2, 0) is 14.2 Å². The molecule has 0 spiro atoms. The van der Waals surface area contributed by atoms with Gasteiger partial charge in [-0.25, -0.2) is 14.4 Å². The maximum atomic E-state index is 13.0. The zero-order valence-electron chi connectivity index (χ0n) is 59.3. The monoisotopic (exact) mass is 1510 g/mol. The summed E-state index contributed by atoms with van der Waals surface area (Å²) in [6.07, 6.45) is 0. The number of nitrogens with one attached hydrogen (secondary N) is 3. The first kappa shape index (κ1) is 74.9. The van der Waals surface area contributed by atoms with Crippen LogP contribution in [0.2, 0.25) is 0 Å². The molecule has 108 heavy (non-hydrogen) atoms. The van der Waals surface area contributed by atoms with E-state index in [1.54, 1.807) is 81.4 Å². The minimum atomic E-state index is -0.503. The van der Waals surface area contributed by atoms with Gasteiger partial charge in [-0.15, -0.1) is 34.0 Å². The second-order valence-corrected chi connectivity index (χ2v) is 26.3. The van der Waals surface area contributed by atoms with Crippen molar-refractivity contribution in [1.29, 1.82) is 5.26 Å². The number of rotatable bonds is 18. The van der Waals surface area contributed by atoms with Crippen molar-refractivity contribution in [2.24, 2.45) is 0 Å². The quantitative estimate of drug-likeness (QED) is 0.0531. The molecule has 15 rings (SSSR count). The van der Waals surface area contributed by atoms with Crippen molar-refractivity contribution in [3.05, 3.63) is 212 Å². The van der Waals surface area contributed by atoms with Crippen LogP contribution in [0.25, 0.3) is 67.4 Å². The summed E-state index contributed by atoms with van der Waals surface area (Å²) in [4.78, 5) is 77.3.